The molecule has 2 unspecified atom stereocenters. The third-order valence-corrected chi connectivity index (χ3v) is 5.20. The van der Waals surface area contributed by atoms with Gasteiger partial charge in [0.1, 0.15) is 0 Å². The first-order chi connectivity index (χ1) is 13.1. The van der Waals surface area contributed by atoms with Gasteiger partial charge in [-0.05, 0) is 44.0 Å². The van der Waals surface area contributed by atoms with Gasteiger partial charge in [-0.15, -0.1) is 0 Å². The van der Waals surface area contributed by atoms with Gasteiger partial charge in [-0.1, -0.05) is 18.2 Å². The van der Waals surface area contributed by atoms with E-state index in [-0.39, 0.29) is 12.0 Å². The van der Waals surface area contributed by atoms with Crippen LogP contribution in [-0.4, -0.2) is 48.3 Å². The predicted molar refractivity (Wildman–Crippen MR) is 102 cm³/mol. The number of aliphatic carboxylic acids is 1. The highest BCUT2D eigenvalue weighted by Gasteiger charge is 2.34. The number of carboxylic acids is 1. The van der Waals surface area contributed by atoms with Crippen molar-refractivity contribution in [1.82, 2.24) is 9.88 Å². The zero-order valence-corrected chi connectivity index (χ0v) is 16.0. The van der Waals surface area contributed by atoms with Crippen molar-refractivity contribution in [3.8, 4) is 11.5 Å². The zero-order valence-electron chi connectivity index (χ0n) is 16.0. The van der Waals surface area contributed by atoms with Crippen molar-refractivity contribution in [2.45, 2.75) is 25.8 Å². The molecule has 1 aromatic carbocycles. The van der Waals surface area contributed by atoms with Crippen LogP contribution in [0.1, 0.15) is 35.7 Å². The molecule has 1 aliphatic heterocycles. The second-order valence-corrected chi connectivity index (χ2v) is 6.86. The largest absolute Gasteiger partial charge is 0.493 e. The molecule has 0 spiro atoms. The topological polar surface area (TPSA) is 71.9 Å². The second-order valence-electron chi connectivity index (χ2n) is 6.86. The first-order valence-electron chi connectivity index (χ1n) is 9.16. The molecule has 0 aliphatic carbocycles. The van der Waals surface area contributed by atoms with Crippen LogP contribution in [0.2, 0.25) is 0 Å². The van der Waals surface area contributed by atoms with E-state index in [2.05, 4.69) is 9.88 Å². The number of carboxylic acid groups (broad SMARTS) is 1. The molecule has 1 aliphatic rings. The van der Waals surface area contributed by atoms with Crippen molar-refractivity contribution >= 4 is 5.97 Å². The Morgan fingerprint density at radius 1 is 1.26 bits per heavy atom. The number of benzene rings is 1. The number of likely N-dealkylation sites (tertiary alicyclic amines) is 1. The summed E-state index contributed by atoms with van der Waals surface area (Å²) in [7, 11) is 3.24. The number of piperidine rings is 1. The molecule has 2 heterocycles. The van der Waals surface area contributed by atoms with Crippen molar-refractivity contribution in [2.24, 2.45) is 5.92 Å². The second kappa shape index (κ2) is 8.39. The fraction of sp³-hybridized carbons (Fsp3) is 0.429. The Kier molecular flexibility index (Phi) is 5.96. The van der Waals surface area contributed by atoms with Crippen molar-refractivity contribution in [1.29, 1.82) is 0 Å². The van der Waals surface area contributed by atoms with E-state index in [0.717, 1.165) is 29.8 Å². The third-order valence-electron chi connectivity index (χ3n) is 5.20. The molecule has 0 amide bonds. The van der Waals surface area contributed by atoms with Crippen LogP contribution < -0.4 is 9.47 Å². The Bertz CT molecular complexity index is 809. The van der Waals surface area contributed by atoms with Crippen molar-refractivity contribution in [3.05, 3.63) is 53.3 Å². The SMILES string of the molecule is COc1cccc(C(c2ncccc2C)N2CCCC(C(=O)O)C2)c1OC. The molecule has 0 bridgehead atoms. The van der Waals surface area contributed by atoms with Gasteiger partial charge in [0.05, 0.1) is 31.9 Å². The maximum Gasteiger partial charge on any atom is 0.307 e. The van der Waals surface area contributed by atoms with Gasteiger partial charge >= 0.3 is 5.97 Å². The lowest BCUT2D eigenvalue weighted by Gasteiger charge is -2.38. The van der Waals surface area contributed by atoms with Crippen LogP contribution in [0.15, 0.2) is 36.5 Å². The van der Waals surface area contributed by atoms with Gasteiger partial charge in [0.2, 0.25) is 0 Å². The first kappa shape index (κ1) is 19.2. The molecule has 1 saturated heterocycles. The highest BCUT2D eigenvalue weighted by Crippen LogP contribution is 2.41. The van der Waals surface area contributed by atoms with E-state index in [0.29, 0.717) is 24.5 Å². The van der Waals surface area contributed by atoms with Gasteiger partial charge in [0.25, 0.3) is 0 Å². The van der Waals surface area contributed by atoms with Crippen LogP contribution in [0.5, 0.6) is 11.5 Å². The predicted octanol–water partition coefficient (Wildman–Crippen LogP) is 3.29. The molecule has 1 aromatic heterocycles. The average Bonchev–Trinajstić information content (AvgIpc) is 2.69. The van der Waals surface area contributed by atoms with Gasteiger partial charge in [0.15, 0.2) is 11.5 Å². The number of aryl methyl sites for hydroxylation is 1. The maximum atomic E-state index is 11.6. The van der Waals surface area contributed by atoms with Gasteiger partial charge in [-0.3, -0.25) is 14.7 Å². The summed E-state index contributed by atoms with van der Waals surface area (Å²) in [6, 6.07) is 9.54. The fourth-order valence-corrected chi connectivity index (χ4v) is 3.87. The van der Waals surface area contributed by atoms with E-state index in [1.165, 1.54) is 0 Å². The van der Waals surface area contributed by atoms with Gasteiger partial charge < -0.3 is 14.6 Å². The van der Waals surface area contributed by atoms with Crippen molar-refractivity contribution < 1.29 is 19.4 Å². The number of rotatable bonds is 6. The maximum absolute atomic E-state index is 11.6. The number of carbonyl (C=O) groups is 1. The summed E-state index contributed by atoms with van der Waals surface area (Å²) in [5.74, 6) is 0.198. The molecule has 1 N–H and O–H groups in total. The molecule has 0 saturated carbocycles. The fourth-order valence-electron chi connectivity index (χ4n) is 3.87. The molecule has 3 rings (SSSR count). The van der Waals surface area contributed by atoms with E-state index in [9.17, 15) is 9.90 Å². The van der Waals surface area contributed by atoms with Crippen LogP contribution in [0.4, 0.5) is 0 Å². The van der Waals surface area contributed by atoms with Gasteiger partial charge in [-0.25, -0.2) is 0 Å². The summed E-state index contributed by atoms with van der Waals surface area (Å²) in [5.41, 5.74) is 2.91. The molecular weight excluding hydrogens is 344 g/mol. The summed E-state index contributed by atoms with van der Waals surface area (Å²) >= 11 is 0. The summed E-state index contributed by atoms with van der Waals surface area (Å²) in [6.45, 7) is 3.32. The van der Waals surface area contributed by atoms with E-state index < -0.39 is 5.97 Å². The Hall–Kier alpha value is -2.60. The number of methoxy groups -OCH3 is 2. The molecule has 1 fully saturated rings. The minimum atomic E-state index is -0.742. The summed E-state index contributed by atoms with van der Waals surface area (Å²) in [5, 5.41) is 9.53. The number of para-hydroxylation sites is 1. The quantitative estimate of drug-likeness (QED) is 0.841. The monoisotopic (exact) mass is 370 g/mol. The van der Waals surface area contributed by atoms with Crippen LogP contribution in [0.3, 0.4) is 0 Å². The number of aromatic nitrogens is 1. The molecular formula is C21H26N2O4. The molecule has 6 nitrogen and oxygen atoms in total. The summed E-state index contributed by atoms with van der Waals surface area (Å²) in [4.78, 5) is 18.4. The normalized spacial score (nSPS) is 18.7. The van der Waals surface area contributed by atoms with E-state index >= 15 is 0 Å². The number of nitrogens with zero attached hydrogens (tertiary/aromatic N) is 2. The average molecular weight is 370 g/mol. The molecule has 2 aromatic rings. The van der Waals surface area contributed by atoms with Crippen LogP contribution in [0, 0.1) is 12.8 Å². The smallest absolute Gasteiger partial charge is 0.307 e. The number of ether oxygens (including phenoxy) is 2. The number of hydrogen-bond acceptors (Lipinski definition) is 5. The number of pyridine rings is 1. The first-order valence-corrected chi connectivity index (χ1v) is 9.16. The Morgan fingerprint density at radius 2 is 2.07 bits per heavy atom. The van der Waals surface area contributed by atoms with E-state index in [4.69, 9.17) is 9.47 Å². The van der Waals surface area contributed by atoms with Crippen LogP contribution >= 0.6 is 0 Å². The minimum Gasteiger partial charge on any atom is -0.493 e. The van der Waals surface area contributed by atoms with E-state index in [1.807, 2.05) is 37.3 Å². The molecule has 144 valence electrons. The lowest BCUT2D eigenvalue weighted by atomic mass is 9.91. The Morgan fingerprint density at radius 3 is 2.74 bits per heavy atom. The van der Waals surface area contributed by atoms with Gasteiger partial charge in [0, 0.05) is 18.3 Å². The van der Waals surface area contributed by atoms with Crippen molar-refractivity contribution in [3.63, 3.8) is 0 Å². The standard InChI is InChI=1S/C21H26N2O4/c1-14-7-5-11-22-18(14)19(23-12-6-8-15(13-23)21(24)25)16-9-4-10-17(26-2)20(16)27-3/h4-5,7,9-11,15,19H,6,8,12-13H2,1-3H3,(H,24,25). The Labute approximate surface area is 159 Å². The van der Waals surface area contributed by atoms with E-state index in [1.54, 1.807) is 20.4 Å². The van der Waals surface area contributed by atoms with Crippen LogP contribution in [-0.2, 0) is 4.79 Å². The van der Waals surface area contributed by atoms with Crippen LogP contribution in [0.25, 0.3) is 0 Å². The van der Waals surface area contributed by atoms with Gasteiger partial charge in [-0.2, -0.15) is 0 Å². The number of hydrogen-bond donors (Lipinski definition) is 1. The minimum absolute atomic E-state index is 0.196. The summed E-state index contributed by atoms with van der Waals surface area (Å²) in [6.07, 6.45) is 3.32. The third kappa shape index (κ3) is 3.90. The molecule has 6 heteroatoms. The zero-order chi connectivity index (χ0) is 19.4. The lowest BCUT2D eigenvalue weighted by Crippen LogP contribution is -2.41. The summed E-state index contributed by atoms with van der Waals surface area (Å²) < 4.78 is 11.2. The molecule has 0 radical (unpaired) electrons. The molecule has 27 heavy (non-hydrogen) atoms. The highest BCUT2D eigenvalue weighted by atomic mass is 16.5. The highest BCUT2D eigenvalue weighted by molar-refractivity contribution is 5.70. The lowest BCUT2D eigenvalue weighted by molar-refractivity contribution is -0.143. The molecule has 2 atom stereocenters. The Balaban J connectivity index is 2.12. The van der Waals surface area contributed by atoms with Crippen molar-refractivity contribution in [2.75, 3.05) is 27.3 Å².